The van der Waals surface area contributed by atoms with E-state index in [4.69, 9.17) is 0 Å². The average molecular weight is 493 g/mol. The van der Waals surface area contributed by atoms with E-state index in [-0.39, 0.29) is 18.7 Å². The standard InChI is InChI=1S/C27H22F3N3O3/c1-36-26(35)20-12-9-19(10-13-20)11-14-21-5-4-8-24(31-21)32-15-17-33(18-16-32)25(34)22-6-2-3-7-23(22)27(28,29)30/h2-10,12-13H,15-18H2,1H3. The number of alkyl halides is 3. The Morgan fingerprint density at radius 1 is 0.889 bits per heavy atom. The molecule has 1 saturated heterocycles. The van der Waals surface area contributed by atoms with E-state index in [1.807, 2.05) is 17.0 Å². The minimum atomic E-state index is -4.59. The Morgan fingerprint density at radius 2 is 1.58 bits per heavy atom. The fourth-order valence-corrected chi connectivity index (χ4v) is 3.84. The molecular weight excluding hydrogens is 471 g/mol. The number of nitrogens with zero attached hydrogens (tertiary/aromatic N) is 3. The number of anilines is 1. The second kappa shape index (κ2) is 10.5. The van der Waals surface area contributed by atoms with Gasteiger partial charge in [0.25, 0.3) is 5.91 Å². The molecule has 1 aliphatic heterocycles. The molecule has 0 spiro atoms. The van der Waals surface area contributed by atoms with Crippen molar-refractivity contribution in [3.63, 3.8) is 0 Å². The Morgan fingerprint density at radius 3 is 2.25 bits per heavy atom. The molecule has 9 heteroatoms. The molecule has 0 N–H and O–H groups in total. The van der Waals surface area contributed by atoms with Crippen molar-refractivity contribution in [2.24, 2.45) is 0 Å². The van der Waals surface area contributed by atoms with E-state index >= 15 is 0 Å². The highest BCUT2D eigenvalue weighted by atomic mass is 19.4. The third kappa shape index (κ3) is 5.66. The maximum Gasteiger partial charge on any atom is 0.417 e. The number of amides is 1. The largest absolute Gasteiger partial charge is 0.465 e. The lowest BCUT2D eigenvalue weighted by Gasteiger charge is -2.35. The molecule has 6 nitrogen and oxygen atoms in total. The number of hydrogen-bond acceptors (Lipinski definition) is 5. The van der Waals surface area contributed by atoms with Crippen molar-refractivity contribution in [3.8, 4) is 11.8 Å². The molecule has 184 valence electrons. The van der Waals surface area contributed by atoms with Gasteiger partial charge in [0.1, 0.15) is 11.5 Å². The van der Waals surface area contributed by atoms with E-state index in [0.29, 0.717) is 35.7 Å². The van der Waals surface area contributed by atoms with Crippen LogP contribution in [0.1, 0.15) is 37.5 Å². The van der Waals surface area contributed by atoms with Gasteiger partial charge in [-0.05, 0) is 54.5 Å². The topological polar surface area (TPSA) is 62.7 Å². The zero-order valence-electron chi connectivity index (χ0n) is 19.4. The number of carbonyl (C=O) groups is 2. The Bertz CT molecular complexity index is 1320. The molecule has 0 radical (unpaired) electrons. The minimum absolute atomic E-state index is 0.273. The van der Waals surface area contributed by atoms with Crippen LogP contribution in [-0.2, 0) is 10.9 Å². The van der Waals surface area contributed by atoms with Crippen molar-refractivity contribution in [1.82, 2.24) is 9.88 Å². The van der Waals surface area contributed by atoms with Crippen molar-refractivity contribution < 1.29 is 27.5 Å². The molecule has 0 atom stereocenters. The Kier molecular flexibility index (Phi) is 7.25. The summed E-state index contributed by atoms with van der Waals surface area (Å²) in [7, 11) is 1.32. The molecule has 36 heavy (non-hydrogen) atoms. The molecule has 0 unspecified atom stereocenters. The first kappa shape index (κ1) is 24.8. The van der Waals surface area contributed by atoms with E-state index in [2.05, 4.69) is 21.6 Å². The maximum absolute atomic E-state index is 13.3. The van der Waals surface area contributed by atoms with E-state index < -0.39 is 23.6 Å². The highest BCUT2D eigenvalue weighted by Gasteiger charge is 2.36. The summed E-state index contributed by atoms with van der Waals surface area (Å²) in [5.74, 6) is 5.62. The molecule has 3 aromatic rings. The Labute approximate surface area is 206 Å². The quantitative estimate of drug-likeness (QED) is 0.403. The van der Waals surface area contributed by atoms with Gasteiger partial charge < -0.3 is 14.5 Å². The summed E-state index contributed by atoms with van der Waals surface area (Å²) in [5.41, 5.74) is 0.421. The van der Waals surface area contributed by atoms with Gasteiger partial charge in [-0.15, -0.1) is 0 Å². The Balaban J connectivity index is 1.41. The molecule has 1 aromatic heterocycles. The second-order valence-electron chi connectivity index (χ2n) is 8.02. The number of hydrogen-bond donors (Lipinski definition) is 0. The van der Waals surface area contributed by atoms with E-state index in [9.17, 15) is 22.8 Å². The SMILES string of the molecule is COC(=O)c1ccc(C#Cc2cccc(N3CCN(C(=O)c4ccccc4C(F)(F)F)CC3)n2)cc1. The van der Waals surface area contributed by atoms with Crippen LogP contribution in [0.15, 0.2) is 66.7 Å². The molecule has 1 amide bonds. The molecular formula is C27H22F3N3O3. The summed E-state index contributed by atoms with van der Waals surface area (Å²) in [6.45, 7) is 1.40. The number of rotatable bonds is 3. The van der Waals surface area contributed by atoms with Gasteiger partial charge in [-0.2, -0.15) is 13.2 Å². The number of aromatic nitrogens is 1. The third-order valence-corrected chi connectivity index (χ3v) is 5.73. The molecule has 4 rings (SSSR count). The minimum Gasteiger partial charge on any atom is -0.465 e. The van der Waals surface area contributed by atoms with Gasteiger partial charge >= 0.3 is 12.1 Å². The molecule has 1 fully saturated rings. The molecule has 0 aliphatic carbocycles. The van der Waals surface area contributed by atoms with Crippen LogP contribution >= 0.6 is 0 Å². The summed E-state index contributed by atoms with van der Waals surface area (Å²) in [6, 6.07) is 17.0. The number of pyridine rings is 1. The summed E-state index contributed by atoms with van der Waals surface area (Å²) in [4.78, 5) is 32.3. The molecule has 2 aromatic carbocycles. The molecule has 2 heterocycles. The number of esters is 1. The van der Waals surface area contributed by atoms with Crippen molar-refractivity contribution in [2.75, 3.05) is 38.2 Å². The summed E-state index contributed by atoms with van der Waals surface area (Å²) >= 11 is 0. The monoisotopic (exact) mass is 493 g/mol. The fraction of sp³-hybridized carbons (Fsp3) is 0.222. The zero-order chi connectivity index (χ0) is 25.7. The van der Waals surface area contributed by atoms with Crippen molar-refractivity contribution in [3.05, 3.63) is 94.7 Å². The normalized spacial score (nSPS) is 13.6. The van der Waals surface area contributed by atoms with Gasteiger partial charge in [0.2, 0.25) is 0 Å². The van der Waals surface area contributed by atoms with Gasteiger partial charge in [0, 0.05) is 31.7 Å². The first-order chi connectivity index (χ1) is 17.3. The number of ether oxygens (including phenoxy) is 1. The first-order valence-corrected chi connectivity index (χ1v) is 11.1. The predicted octanol–water partition coefficient (Wildman–Crippen LogP) is 4.25. The zero-order valence-corrected chi connectivity index (χ0v) is 19.4. The van der Waals surface area contributed by atoms with Crippen LogP contribution in [0, 0.1) is 11.8 Å². The average Bonchev–Trinajstić information content (AvgIpc) is 2.91. The van der Waals surface area contributed by atoms with E-state index in [0.717, 1.165) is 6.07 Å². The highest BCUT2D eigenvalue weighted by molar-refractivity contribution is 5.96. The summed E-state index contributed by atoms with van der Waals surface area (Å²) in [5, 5.41) is 0. The van der Waals surface area contributed by atoms with E-state index in [1.54, 1.807) is 30.3 Å². The third-order valence-electron chi connectivity index (χ3n) is 5.73. The molecule has 0 saturated carbocycles. The second-order valence-corrected chi connectivity index (χ2v) is 8.02. The molecule has 1 aliphatic rings. The molecule has 0 bridgehead atoms. The smallest absolute Gasteiger partial charge is 0.417 e. The van der Waals surface area contributed by atoms with Crippen LogP contribution in [-0.4, -0.2) is 55.0 Å². The van der Waals surface area contributed by atoms with Gasteiger partial charge in [0.05, 0.1) is 23.8 Å². The number of carbonyl (C=O) groups excluding carboxylic acids is 2. The predicted molar refractivity (Wildman–Crippen MR) is 128 cm³/mol. The van der Waals surface area contributed by atoms with Crippen molar-refractivity contribution in [1.29, 1.82) is 0 Å². The van der Waals surface area contributed by atoms with Crippen LogP contribution in [0.3, 0.4) is 0 Å². The summed E-state index contributed by atoms with van der Waals surface area (Å²) < 4.78 is 44.6. The number of methoxy groups -OCH3 is 1. The van der Waals surface area contributed by atoms with Gasteiger partial charge in [-0.1, -0.05) is 24.1 Å². The van der Waals surface area contributed by atoms with Gasteiger partial charge in [-0.3, -0.25) is 4.79 Å². The van der Waals surface area contributed by atoms with Gasteiger partial charge in [0.15, 0.2) is 0 Å². The summed E-state index contributed by atoms with van der Waals surface area (Å²) in [6.07, 6.45) is -4.59. The van der Waals surface area contributed by atoms with E-state index in [1.165, 1.54) is 30.2 Å². The van der Waals surface area contributed by atoms with Crippen LogP contribution in [0.5, 0.6) is 0 Å². The number of halogens is 3. The Hall–Kier alpha value is -4.32. The first-order valence-electron chi connectivity index (χ1n) is 11.1. The van der Waals surface area contributed by atoms with Crippen molar-refractivity contribution in [2.45, 2.75) is 6.18 Å². The van der Waals surface area contributed by atoms with Crippen molar-refractivity contribution >= 4 is 17.7 Å². The van der Waals surface area contributed by atoms with Crippen LogP contribution < -0.4 is 4.90 Å². The lowest BCUT2D eigenvalue weighted by Crippen LogP contribution is -2.49. The lowest BCUT2D eigenvalue weighted by atomic mass is 10.1. The van der Waals surface area contributed by atoms with Crippen LogP contribution in [0.25, 0.3) is 0 Å². The maximum atomic E-state index is 13.3. The van der Waals surface area contributed by atoms with Gasteiger partial charge in [-0.25, -0.2) is 9.78 Å². The number of piperazine rings is 1. The lowest BCUT2D eigenvalue weighted by molar-refractivity contribution is -0.138. The fourth-order valence-electron chi connectivity index (χ4n) is 3.84. The van der Waals surface area contributed by atoms with Crippen LogP contribution in [0.4, 0.5) is 19.0 Å². The highest BCUT2D eigenvalue weighted by Crippen LogP contribution is 2.32. The number of benzene rings is 2. The van der Waals surface area contributed by atoms with Crippen LogP contribution in [0.2, 0.25) is 0 Å².